The number of aryl methyl sites for hydroxylation is 3. The van der Waals surface area contributed by atoms with Crippen LogP contribution in [0.3, 0.4) is 0 Å². The number of aliphatic hydroxyl groups excluding tert-OH is 3. The highest BCUT2D eigenvalue weighted by Gasteiger charge is 2.58. The minimum absolute atomic E-state index is 0.0131. The van der Waals surface area contributed by atoms with Crippen molar-refractivity contribution in [1.29, 1.82) is 0 Å². The van der Waals surface area contributed by atoms with E-state index in [9.17, 15) is 30.6 Å². The Kier molecular flexibility index (Phi) is 17.3. The lowest BCUT2D eigenvalue weighted by Gasteiger charge is -2.59. The number of hydrogen-bond acceptors (Lipinski definition) is 12. The summed E-state index contributed by atoms with van der Waals surface area (Å²) >= 11 is 0. The fraction of sp³-hybridized carbons (Fsp3) is 0.457. The molecule has 436 valence electrons. The number of aromatic nitrogens is 1. The highest BCUT2D eigenvalue weighted by Crippen LogP contribution is 2.59. The second kappa shape index (κ2) is 25.3. The Bertz CT molecular complexity index is 3410. The maximum absolute atomic E-state index is 11.9. The molecule has 8 N–H and O–H groups in total. The molecule has 1 spiro atoms. The molecule has 1 saturated heterocycles. The predicted molar refractivity (Wildman–Crippen MR) is 321 cm³/mol. The van der Waals surface area contributed by atoms with Crippen LogP contribution < -0.4 is 15.4 Å². The van der Waals surface area contributed by atoms with E-state index in [4.69, 9.17) is 18.9 Å². The van der Waals surface area contributed by atoms with E-state index >= 15 is 0 Å². The zero-order chi connectivity index (χ0) is 56.9. The van der Waals surface area contributed by atoms with Gasteiger partial charge in [0.15, 0.2) is 11.5 Å². The Morgan fingerprint density at radius 2 is 1.66 bits per heavy atom. The maximum atomic E-state index is 11.9. The van der Waals surface area contributed by atoms with Gasteiger partial charge in [-0.25, -0.2) is 0 Å². The molecule has 6 aliphatic rings. The van der Waals surface area contributed by atoms with Gasteiger partial charge in [-0.3, -0.25) is 5.32 Å². The van der Waals surface area contributed by atoms with Crippen molar-refractivity contribution >= 4 is 16.6 Å². The molecule has 12 rings (SSSR count). The van der Waals surface area contributed by atoms with Crippen LogP contribution in [0.25, 0.3) is 16.6 Å². The quantitative estimate of drug-likeness (QED) is 0.0311. The second-order valence-electron chi connectivity index (χ2n) is 24.3. The summed E-state index contributed by atoms with van der Waals surface area (Å²) in [5, 5.41) is 74.2. The summed E-state index contributed by atoms with van der Waals surface area (Å²) < 4.78 is 29.1. The van der Waals surface area contributed by atoms with Crippen LogP contribution in [0.15, 0.2) is 121 Å². The number of aromatic hydroxyl groups is 3. The van der Waals surface area contributed by atoms with E-state index in [2.05, 4.69) is 88.0 Å². The van der Waals surface area contributed by atoms with E-state index in [0.29, 0.717) is 63.1 Å². The lowest BCUT2D eigenvalue weighted by molar-refractivity contribution is -0.166. The highest BCUT2D eigenvalue weighted by atomic mass is 16.5. The molecule has 5 heterocycles. The molecule has 13 nitrogen and oxygen atoms in total. The average molecular weight is 1120 g/mol. The smallest absolute Gasteiger partial charge is 0.161 e. The van der Waals surface area contributed by atoms with Crippen molar-refractivity contribution in [3.63, 3.8) is 0 Å². The van der Waals surface area contributed by atoms with Crippen LogP contribution in [-0.4, -0.2) is 92.3 Å². The van der Waals surface area contributed by atoms with Crippen LogP contribution in [0.4, 0.5) is 0 Å². The standard InChI is InChI=1S/C70H81N3O10/c74-28-8-29-80-45-71-67-38-51-19-17-46(15-16-47-18-23-63(78)52(31-47)32-48-10-6-12-57(76)33-48)9-7-13-59-39-58(77)22-20-50-37-65(64(79)36-54(50)42-75)82-43-55-35-56(34-53-40-73(41-60(53)55)68(72-67)61(51)44-81-59)70-27-30-83-69(25-4-1-5-26-69)66(70)24-21-49-11-2-3-14-62(49)70/h2-3,6,10-12,14,18,23,31,33-38,40-41,46,58-59,66-67,71-72,74-79H,1,4-5,7-9,13,15-16,20-22,24-30,32,39,42-45H2/t46-,58+,59-,66-,67?,70-/m0/s1. The van der Waals surface area contributed by atoms with Crippen LogP contribution >= 0.6 is 0 Å². The first kappa shape index (κ1) is 56.9. The molecule has 83 heavy (non-hydrogen) atoms. The molecule has 5 aromatic carbocycles. The minimum atomic E-state index is -0.717. The number of fused-ring (bicyclic) bond motifs is 10. The van der Waals surface area contributed by atoms with Gasteiger partial charge in [-0.15, -0.1) is 0 Å². The van der Waals surface area contributed by atoms with Gasteiger partial charge in [0.2, 0.25) is 0 Å². The zero-order valence-electron chi connectivity index (χ0n) is 47.7. The number of benzene rings is 5. The number of nitrogens with one attached hydrogen (secondary N) is 2. The summed E-state index contributed by atoms with van der Waals surface area (Å²) in [6, 6.07) is 30.3. The number of dihydropyridines is 1. The lowest BCUT2D eigenvalue weighted by Crippen LogP contribution is -2.59. The number of aliphatic hydroxyl groups is 3. The van der Waals surface area contributed by atoms with Crippen molar-refractivity contribution < 1.29 is 49.6 Å². The molecule has 4 aliphatic heterocycles. The Morgan fingerprint density at radius 3 is 2.53 bits per heavy atom. The summed E-state index contributed by atoms with van der Waals surface area (Å²) in [6.45, 7) is 1.49. The second-order valence-corrected chi connectivity index (χ2v) is 24.3. The first-order valence-electron chi connectivity index (χ1n) is 30.6. The number of ether oxygens (including phenoxy) is 4. The monoisotopic (exact) mass is 1120 g/mol. The van der Waals surface area contributed by atoms with Crippen LogP contribution in [0, 0.1) is 23.7 Å². The van der Waals surface area contributed by atoms with Gasteiger partial charge in [-0.2, -0.15) is 0 Å². The van der Waals surface area contributed by atoms with Gasteiger partial charge >= 0.3 is 0 Å². The molecule has 0 radical (unpaired) electrons. The van der Waals surface area contributed by atoms with E-state index in [1.165, 1.54) is 36.0 Å². The summed E-state index contributed by atoms with van der Waals surface area (Å²) in [5.41, 5.74) is 10.4. The van der Waals surface area contributed by atoms with Crippen molar-refractivity contribution in [2.75, 3.05) is 33.2 Å². The summed E-state index contributed by atoms with van der Waals surface area (Å²) in [4.78, 5) is 0. The predicted octanol–water partition coefficient (Wildman–Crippen LogP) is 10.9. The Balaban J connectivity index is 0.983. The van der Waals surface area contributed by atoms with E-state index in [-0.39, 0.29) is 79.4 Å². The van der Waals surface area contributed by atoms with Gasteiger partial charge in [0.1, 0.15) is 30.1 Å². The van der Waals surface area contributed by atoms with Crippen molar-refractivity contribution in [1.82, 2.24) is 15.2 Å². The van der Waals surface area contributed by atoms with E-state index < -0.39 is 12.3 Å². The van der Waals surface area contributed by atoms with Gasteiger partial charge in [0.25, 0.3) is 0 Å². The SMILES string of the molecule is OCCCOCNC1C=C2C#C[C@H](CCc3ccc(O)c(Cc4cccc(O)c4)c3)CCC[C@H]3C[C@H](O)CCc4cc(c(O)cc4CO)OCc4cc([C@]56CCOC7(CCCCC7)[C@@H]5CCc5ccccc56)cc5cn(cc45)C(=C2CO3)N1. The Labute approximate surface area is 488 Å². The maximum Gasteiger partial charge on any atom is 0.161 e. The van der Waals surface area contributed by atoms with Crippen molar-refractivity contribution in [2.45, 2.75) is 158 Å². The van der Waals surface area contributed by atoms with Crippen molar-refractivity contribution in [3.8, 4) is 34.8 Å². The van der Waals surface area contributed by atoms with Crippen molar-refractivity contribution in [2.24, 2.45) is 11.8 Å². The molecule has 2 fully saturated rings. The van der Waals surface area contributed by atoms with E-state index in [1.807, 2.05) is 24.3 Å². The molecular formula is C70H81N3O10. The van der Waals surface area contributed by atoms with Gasteiger partial charge in [-0.1, -0.05) is 85.7 Å². The summed E-state index contributed by atoms with van der Waals surface area (Å²) in [6.07, 6.45) is 19.9. The van der Waals surface area contributed by atoms with Gasteiger partial charge < -0.3 is 59.5 Å². The molecule has 1 aromatic heterocycles. The third-order valence-corrected chi connectivity index (χ3v) is 19.0. The molecule has 6 bridgehead atoms. The molecular weight excluding hydrogens is 1040 g/mol. The topological polar surface area (TPSA) is 187 Å². The summed E-state index contributed by atoms with van der Waals surface area (Å²) in [7, 11) is 0. The third kappa shape index (κ3) is 12.2. The first-order chi connectivity index (χ1) is 40.6. The van der Waals surface area contributed by atoms with Gasteiger partial charge in [0, 0.05) is 71.2 Å². The van der Waals surface area contributed by atoms with Gasteiger partial charge in [0.05, 0.1) is 44.4 Å². The van der Waals surface area contributed by atoms with Crippen LogP contribution in [0.1, 0.15) is 140 Å². The van der Waals surface area contributed by atoms with E-state index in [0.717, 1.165) is 113 Å². The number of hydrogen-bond donors (Lipinski definition) is 8. The third-order valence-electron chi connectivity index (χ3n) is 19.0. The molecule has 13 heteroatoms. The Hall–Kier alpha value is -6.60. The number of phenols is 3. The molecule has 6 atom stereocenters. The molecule has 0 amide bonds. The fourth-order valence-electron chi connectivity index (χ4n) is 14.8. The van der Waals surface area contributed by atoms with Crippen molar-refractivity contribution in [3.05, 3.63) is 171 Å². The lowest BCUT2D eigenvalue weighted by atomic mass is 9.51. The fourth-order valence-corrected chi connectivity index (χ4v) is 14.8. The number of nitrogens with zero attached hydrogens (tertiary/aromatic N) is 1. The molecule has 1 saturated carbocycles. The zero-order valence-corrected chi connectivity index (χ0v) is 47.7. The minimum Gasteiger partial charge on any atom is -0.508 e. The van der Waals surface area contributed by atoms with E-state index in [1.54, 1.807) is 24.3 Å². The highest BCUT2D eigenvalue weighted by molar-refractivity contribution is 5.89. The number of phenolic OH excluding ortho intramolecular Hbond substituents is 3. The molecule has 1 unspecified atom stereocenters. The average Bonchev–Trinajstić information content (AvgIpc) is 1.68. The van der Waals surface area contributed by atoms with Gasteiger partial charge in [-0.05, 0) is 182 Å². The molecule has 6 aromatic rings. The van der Waals surface area contributed by atoms with Crippen LogP contribution in [0.5, 0.6) is 23.0 Å². The normalized spacial score (nSPS) is 24.3. The van der Waals surface area contributed by atoms with Crippen LogP contribution in [-0.2, 0) is 58.5 Å². The first-order valence-corrected chi connectivity index (χ1v) is 30.6. The number of rotatable bonds is 13. The molecule has 2 aliphatic carbocycles. The summed E-state index contributed by atoms with van der Waals surface area (Å²) in [5.74, 6) is 9.28. The van der Waals surface area contributed by atoms with Crippen LogP contribution in [0.2, 0.25) is 0 Å². The largest absolute Gasteiger partial charge is 0.508 e. The Morgan fingerprint density at radius 1 is 0.783 bits per heavy atom.